The number of hydrogen-bond acceptors (Lipinski definition) is 5. The highest BCUT2D eigenvalue weighted by Crippen LogP contribution is 1.94. The van der Waals surface area contributed by atoms with Crippen LogP contribution in [0.3, 0.4) is 0 Å². The molecule has 0 bridgehead atoms. The van der Waals surface area contributed by atoms with Crippen molar-refractivity contribution in [2.24, 2.45) is 0 Å². The first-order valence-corrected chi connectivity index (χ1v) is 6.05. The quantitative estimate of drug-likeness (QED) is 0.658. The Morgan fingerprint density at radius 1 is 1.47 bits per heavy atom. The van der Waals surface area contributed by atoms with E-state index in [0.29, 0.717) is 0 Å². The number of methoxy groups -OCH3 is 1. The van der Waals surface area contributed by atoms with Crippen LogP contribution in [0.15, 0.2) is 6.20 Å². The van der Waals surface area contributed by atoms with Gasteiger partial charge < -0.3 is 10.1 Å². The fourth-order valence-electron chi connectivity index (χ4n) is 1.60. The van der Waals surface area contributed by atoms with Gasteiger partial charge in [0, 0.05) is 32.9 Å². The molecule has 0 fully saturated rings. The summed E-state index contributed by atoms with van der Waals surface area (Å²) in [6.45, 7) is 7.53. The average Bonchev–Trinajstić information content (AvgIpc) is 2.78. The van der Waals surface area contributed by atoms with Crippen LogP contribution in [0.2, 0.25) is 0 Å². The van der Waals surface area contributed by atoms with Crippen LogP contribution in [0.1, 0.15) is 12.6 Å². The van der Waals surface area contributed by atoms with Crippen LogP contribution in [-0.2, 0) is 17.8 Å². The molecule has 0 aliphatic carbocycles. The summed E-state index contributed by atoms with van der Waals surface area (Å²) >= 11 is 0. The third-order valence-corrected chi connectivity index (χ3v) is 2.65. The smallest absolute Gasteiger partial charge is 0.0964 e. The van der Waals surface area contributed by atoms with Gasteiger partial charge in [0.25, 0.3) is 0 Å². The lowest BCUT2D eigenvalue weighted by molar-refractivity contribution is 0.147. The van der Waals surface area contributed by atoms with Gasteiger partial charge in [-0.3, -0.25) is 9.58 Å². The molecule has 0 amide bonds. The molecular formula is C11H23N5O. The maximum Gasteiger partial charge on any atom is 0.0964 e. The first-order valence-electron chi connectivity index (χ1n) is 6.05. The first-order chi connectivity index (χ1) is 8.30. The van der Waals surface area contributed by atoms with E-state index in [0.717, 1.165) is 45.0 Å². The number of nitrogens with zero attached hydrogens (tertiary/aromatic N) is 4. The second-order valence-electron chi connectivity index (χ2n) is 3.93. The van der Waals surface area contributed by atoms with E-state index in [1.807, 2.05) is 17.9 Å². The Balaban J connectivity index is 2.31. The van der Waals surface area contributed by atoms with Crippen molar-refractivity contribution >= 4 is 0 Å². The summed E-state index contributed by atoms with van der Waals surface area (Å²) in [7, 11) is 3.64. The highest BCUT2D eigenvalue weighted by Gasteiger charge is 2.04. The van der Waals surface area contributed by atoms with E-state index < -0.39 is 0 Å². The Morgan fingerprint density at radius 2 is 2.29 bits per heavy atom. The van der Waals surface area contributed by atoms with E-state index in [1.54, 1.807) is 7.11 Å². The minimum Gasteiger partial charge on any atom is -0.383 e. The minimum absolute atomic E-state index is 0.765. The molecule has 6 nitrogen and oxygen atoms in total. The summed E-state index contributed by atoms with van der Waals surface area (Å²) < 4.78 is 6.97. The monoisotopic (exact) mass is 241 g/mol. The van der Waals surface area contributed by atoms with Crippen molar-refractivity contribution in [3.8, 4) is 0 Å². The first kappa shape index (κ1) is 14.1. The van der Waals surface area contributed by atoms with Crippen LogP contribution in [0.25, 0.3) is 0 Å². The fourth-order valence-corrected chi connectivity index (χ4v) is 1.60. The molecular weight excluding hydrogens is 218 g/mol. The van der Waals surface area contributed by atoms with Crippen LogP contribution >= 0.6 is 0 Å². The Bertz CT molecular complexity index is 302. The number of likely N-dealkylation sites (N-methyl/N-ethyl adjacent to an activating group) is 1. The number of aromatic nitrogens is 3. The molecule has 0 aromatic carbocycles. The van der Waals surface area contributed by atoms with Crippen molar-refractivity contribution < 1.29 is 4.74 Å². The number of rotatable bonds is 9. The van der Waals surface area contributed by atoms with Crippen LogP contribution in [-0.4, -0.2) is 60.3 Å². The van der Waals surface area contributed by atoms with Gasteiger partial charge in [-0.15, -0.1) is 5.10 Å². The van der Waals surface area contributed by atoms with Crippen molar-refractivity contribution in [2.75, 3.05) is 40.4 Å². The van der Waals surface area contributed by atoms with Gasteiger partial charge in [-0.05, 0) is 13.6 Å². The molecule has 0 unspecified atom stereocenters. The van der Waals surface area contributed by atoms with E-state index in [4.69, 9.17) is 4.74 Å². The minimum atomic E-state index is 0.765. The van der Waals surface area contributed by atoms with Crippen molar-refractivity contribution in [3.63, 3.8) is 0 Å². The SMILES string of the molecule is CCN(CCOC)CCn1cc(CNC)nn1. The summed E-state index contributed by atoms with van der Waals surface area (Å²) in [6, 6.07) is 0. The van der Waals surface area contributed by atoms with Crippen molar-refractivity contribution in [3.05, 3.63) is 11.9 Å². The lowest BCUT2D eigenvalue weighted by atomic mass is 10.4. The molecule has 1 rings (SSSR count). The van der Waals surface area contributed by atoms with Gasteiger partial charge >= 0.3 is 0 Å². The third-order valence-electron chi connectivity index (χ3n) is 2.65. The average molecular weight is 241 g/mol. The van der Waals surface area contributed by atoms with Crippen LogP contribution < -0.4 is 5.32 Å². The predicted octanol–water partition coefficient (Wildman–Crippen LogP) is -0.0342. The second kappa shape index (κ2) is 8.16. The summed E-state index contributed by atoms with van der Waals surface area (Å²) in [5.41, 5.74) is 0.979. The number of ether oxygens (including phenoxy) is 1. The zero-order valence-corrected chi connectivity index (χ0v) is 11.0. The van der Waals surface area contributed by atoms with Crippen molar-refractivity contribution in [1.82, 2.24) is 25.2 Å². The molecule has 1 aromatic rings. The summed E-state index contributed by atoms with van der Waals surface area (Å²) in [6.07, 6.45) is 1.99. The largest absolute Gasteiger partial charge is 0.383 e. The summed E-state index contributed by atoms with van der Waals surface area (Å²) in [5, 5.41) is 11.2. The molecule has 1 N–H and O–H groups in total. The van der Waals surface area contributed by atoms with Gasteiger partial charge in [0.2, 0.25) is 0 Å². The third kappa shape index (κ3) is 5.25. The maximum absolute atomic E-state index is 5.08. The molecule has 0 spiro atoms. The molecule has 0 saturated heterocycles. The van der Waals surface area contributed by atoms with E-state index in [1.165, 1.54) is 0 Å². The highest BCUT2D eigenvalue weighted by atomic mass is 16.5. The predicted molar refractivity (Wildman–Crippen MR) is 66.8 cm³/mol. The molecule has 0 aliphatic rings. The van der Waals surface area contributed by atoms with Crippen LogP contribution in [0.5, 0.6) is 0 Å². The highest BCUT2D eigenvalue weighted by molar-refractivity contribution is 4.91. The van der Waals surface area contributed by atoms with Crippen LogP contribution in [0.4, 0.5) is 0 Å². The molecule has 0 radical (unpaired) electrons. The lowest BCUT2D eigenvalue weighted by Gasteiger charge is -2.19. The zero-order valence-electron chi connectivity index (χ0n) is 11.0. The van der Waals surface area contributed by atoms with E-state index in [-0.39, 0.29) is 0 Å². The lowest BCUT2D eigenvalue weighted by Crippen LogP contribution is -2.30. The van der Waals surface area contributed by atoms with Gasteiger partial charge in [-0.25, -0.2) is 0 Å². The standard InChI is InChI=1S/C11H23N5O/c1-4-15(7-8-17-3)5-6-16-10-11(9-12-2)13-14-16/h10,12H,4-9H2,1-3H3. The van der Waals surface area contributed by atoms with Gasteiger partial charge in [-0.1, -0.05) is 12.1 Å². The topological polar surface area (TPSA) is 55.2 Å². The summed E-state index contributed by atoms with van der Waals surface area (Å²) in [5.74, 6) is 0. The Hall–Kier alpha value is -0.980. The van der Waals surface area contributed by atoms with E-state index in [2.05, 4.69) is 27.5 Å². The Labute approximate surface area is 103 Å². The normalized spacial score (nSPS) is 11.3. The second-order valence-corrected chi connectivity index (χ2v) is 3.93. The molecule has 1 aromatic heterocycles. The summed E-state index contributed by atoms with van der Waals surface area (Å²) in [4.78, 5) is 2.34. The van der Waals surface area contributed by atoms with Gasteiger partial charge in [0.1, 0.15) is 0 Å². The maximum atomic E-state index is 5.08. The molecule has 1 heterocycles. The van der Waals surface area contributed by atoms with Gasteiger partial charge in [-0.2, -0.15) is 0 Å². The molecule has 17 heavy (non-hydrogen) atoms. The van der Waals surface area contributed by atoms with Gasteiger partial charge in [0.05, 0.1) is 18.8 Å². The van der Waals surface area contributed by atoms with E-state index >= 15 is 0 Å². The Morgan fingerprint density at radius 3 is 2.94 bits per heavy atom. The molecule has 0 atom stereocenters. The number of hydrogen-bond donors (Lipinski definition) is 1. The molecule has 6 heteroatoms. The Kier molecular flexibility index (Phi) is 6.76. The zero-order chi connectivity index (χ0) is 12.5. The molecule has 98 valence electrons. The number of nitrogens with one attached hydrogen (secondary N) is 1. The van der Waals surface area contributed by atoms with Gasteiger partial charge in [0.15, 0.2) is 0 Å². The fraction of sp³-hybridized carbons (Fsp3) is 0.818. The molecule has 0 saturated carbocycles. The van der Waals surface area contributed by atoms with E-state index in [9.17, 15) is 0 Å². The van der Waals surface area contributed by atoms with Crippen LogP contribution in [0, 0.1) is 0 Å². The molecule has 0 aliphatic heterocycles. The van der Waals surface area contributed by atoms with Crippen molar-refractivity contribution in [2.45, 2.75) is 20.0 Å². The van der Waals surface area contributed by atoms with Crippen molar-refractivity contribution in [1.29, 1.82) is 0 Å².